The van der Waals surface area contributed by atoms with Crippen molar-refractivity contribution in [3.63, 3.8) is 0 Å². The average Bonchev–Trinajstić information content (AvgIpc) is 2.37. The first-order valence-electron chi connectivity index (χ1n) is 6.27. The van der Waals surface area contributed by atoms with Gasteiger partial charge in [-0.25, -0.2) is 0 Å². The summed E-state index contributed by atoms with van der Waals surface area (Å²) in [7, 11) is 0. The van der Waals surface area contributed by atoms with Crippen LogP contribution >= 0.6 is 0 Å². The first-order valence-corrected chi connectivity index (χ1v) is 6.27. The SMILES string of the molecule is CC(C)(C)c1ccc(-c2ccccc2O)c(N=[NH2+])c1.[Rf]. The Labute approximate surface area is 113 Å². The van der Waals surface area contributed by atoms with E-state index in [1.807, 2.05) is 24.3 Å². The summed E-state index contributed by atoms with van der Waals surface area (Å²) in [6, 6.07) is 13.2. The summed E-state index contributed by atoms with van der Waals surface area (Å²) in [5.74, 6) is 0.232. The van der Waals surface area contributed by atoms with Crippen LogP contribution in [-0.2, 0) is 5.41 Å². The predicted molar refractivity (Wildman–Crippen MR) is 76.3 cm³/mol. The summed E-state index contributed by atoms with van der Waals surface area (Å²) in [6.45, 7) is 6.42. The van der Waals surface area contributed by atoms with E-state index in [1.54, 1.807) is 12.1 Å². The molecule has 0 aliphatic carbocycles. The van der Waals surface area contributed by atoms with E-state index in [2.05, 4.69) is 32.0 Å². The van der Waals surface area contributed by atoms with Gasteiger partial charge in [-0.05, 0) is 28.2 Å². The fraction of sp³-hybridized carbons (Fsp3) is 0.250. The van der Waals surface area contributed by atoms with Crippen LogP contribution in [0.5, 0.6) is 5.75 Å². The third-order valence-corrected chi connectivity index (χ3v) is 3.20. The molecular formula is C16H19N2ORf+. The molecule has 0 saturated heterocycles. The molecule has 2 aromatic rings. The summed E-state index contributed by atoms with van der Waals surface area (Å²) in [5, 5.41) is 13.8. The number of nitrogens with zero attached hydrogens (tertiary/aromatic N) is 1. The smallest absolute Gasteiger partial charge is 0.138 e. The molecule has 0 atom stereocenters. The number of rotatable bonds is 2. The summed E-state index contributed by atoms with van der Waals surface area (Å²) < 4.78 is 0. The maximum atomic E-state index is 9.93. The molecule has 0 bridgehead atoms. The van der Waals surface area contributed by atoms with E-state index >= 15 is 0 Å². The monoisotopic (exact) mass is 522 g/mol. The predicted octanol–water partition coefficient (Wildman–Crippen LogP) is 3.20. The third kappa shape index (κ3) is 2.64. The quantitative estimate of drug-likeness (QED) is 0.586. The number of para-hydroxylation sites is 1. The van der Waals surface area contributed by atoms with Gasteiger partial charge in [-0.15, -0.1) is 0 Å². The number of hydrogen-bond acceptors (Lipinski definition) is 2. The Kier molecular flexibility index (Phi) is 3.89. The van der Waals surface area contributed by atoms with Gasteiger partial charge in [-0.1, -0.05) is 51.1 Å². The molecule has 20 heavy (non-hydrogen) atoms. The van der Waals surface area contributed by atoms with Crippen LogP contribution in [0.25, 0.3) is 11.1 Å². The molecule has 0 unspecified atom stereocenters. The van der Waals surface area contributed by atoms with Gasteiger partial charge in [0, 0.05) is 11.1 Å². The normalized spacial score (nSPS) is 10.8. The summed E-state index contributed by atoms with van der Waals surface area (Å²) in [5.41, 5.74) is 8.97. The van der Waals surface area contributed by atoms with Gasteiger partial charge >= 0.3 is 0 Å². The molecule has 0 spiro atoms. The second kappa shape index (κ2) is 5.22. The zero-order valence-electron chi connectivity index (χ0n) is 12.2. The van der Waals surface area contributed by atoms with Gasteiger partial charge in [0.25, 0.3) is 0 Å². The summed E-state index contributed by atoms with van der Waals surface area (Å²) in [6.07, 6.45) is 0. The fourth-order valence-electron chi connectivity index (χ4n) is 2.03. The van der Waals surface area contributed by atoms with Crippen molar-refractivity contribution in [3.8, 4) is 16.9 Å². The minimum Gasteiger partial charge on any atom is -0.507 e. The fourth-order valence-corrected chi connectivity index (χ4v) is 2.03. The van der Waals surface area contributed by atoms with Crippen molar-refractivity contribution in [1.82, 2.24) is 0 Å². The summed E-state index contributed by atoms with van der Waals surface area (Å²) >= 11 is 0. The molecule has 100 valence electrons. The summed E-state index contributed by atoms with van der Waals surface area (Å²) in [4.78, 5) is 0. The van der Waals surface area contributed by atoms with E-state index in [1.165, 1.54) is 0 Å². The van der Waals surface area contributed by atoms with Crippen molar-refractivity contribution in [2.75, 3.05) is 0 Å². The standard InChI is InChI=1S/C16H18N2O.Rf/c1-16(2,3)11-8-9-12(14(10-11)18-17)13-6-4-5-7-15(13)19;/h4-10,17,19H,1-3H3;/p+1. The van der Waals surface area contributed by atoms with Gasteiger partial charge in [0.1, 0.15) is 11.4 Å². The van der Waals surface area contributed by atoms with E-state index in [9.17, 15) is 5.11 Å². The zero-order chi connectivity index (χ0) is 14.0. The Morgan fingerprint density at radius 2 is 1.65 bits per heavy atom. The molecule has 0 aromatic heterocycles. The molecule has 0 aliphatic rings. The van der Waals surface area contributed by atoms with E-state index in [4.69, 9.17) is 5.53 Å². The molecule has 2 rings (SSSR count). The number of hydrogen-bond donors (Lipinski definition) is 2. The Bertz CT molecular complexity index is 618. The van der Waals surface area contributed by atoms with Gasteiger partial charge in [0.15, 0.2) is 0 Å². The van der Waals surface area contributed by atoms with Gasteiger partial charge < -0.3 is 5.11 Å². The molecule has 0 heterocycles. The molecule has 2 aromatic carbocycles. The van der Waals surface area contributed by atoms with Gasteiger partial charge in [-0.2, -0.15) is 5.53 Å². The number of phenols is 1. The van der Waals surface area contributed by atoms with Crippen LogP contribution < -0.4 is 5.53 Å². The minimum absolute atomic E-state index is 0. The Balaban J connectivity index is 0.00000200. The van der Waals surface area contributed by atoms with Gasteiger partial charge in [0.2, 0.25) is 0 Å². The molecule has 0 aliphatic heterocycles. The van der Waals surface area contributed by atoms with E-state index in [-0.39, 0.29) is 11.2 Å². The van der Waals surface area contributed by atoms with Crippen molar-refractivity contribution in [3.05, 3.63) is 48.0 Å². The third-order valence-electron chi connectivity index (χ3n) is 3.20. The largest absolute Gasteiger partial charge is 0.507 e. The van der Waals surface area contributed by atoms with Crippen LogP contribution in [0.1, 0.15) is 26.3 Å². The average molecular weight is 522 g/mol. The van der Waals surface area contributed by atoms with Crippen LogP contribution in [0.15, 0.2) is 47.6 Å². The van der Waals surface area contributed by atoms with Crippen molar-refractivity contribution in [1.29, 1.82) is 0 Å². The molecule has 0 amide bonds. The molecule has 0 radical (unpaired) electrons. The topological polar surface area (TPSA) is 58.2 Å². The second-order valence-corrected chi connectivity index (χ2v) is 5.63. The molecule has 0 saturated carbocycles. The van der Waals surface area contributed by atoms with Crippen molar-refractivity contribution < 1.29 is 10.6 Å². The van der Waals surface area contributed by atoms with Crippen molar-refractivity contribution in [2.24, 2.45) is 5.11 Å². The molecular weight excluding hydrogens is 503 g/mol. The maximum absolute atomic E-state index is 9.93. The van der Waals surface area contributed by atoms with E-state index in [0.29, 0.717) is 5.69 Å². The van der Waals surface area contributed by atoms with Crippen LogP contribution in [0.4, 0.5) is 5.69 Å². The van der Waals surface area contributed by atoms with Crippen molar-refractivity contribution >= 4 is 5.69 Å². The number of phenolic OH excluding ortho intramolecular Hbond substituents is 1. The molecule has 3 N–H and O–H groups in total. The maximum Gasteiger partial charge on any atom is 0.138 e. The molecule has 0 fully saturated rings. The minimum atomic E-state index is 0. The van der Waals surface area contributed by atoms with E-state index < -0.39 is 0 Å². The number of nitrogens with two attached hydrogens (primary N) is 1. The van der Waals surface area contributed by atoms with Crippen molar-refractivity contribution in [2.45, 2.75) is 26.2 Å². The molecule has 3 nitrogen and oxygen atoms in total. The molecule has 4 heteroatoms. The second-order valence-electron chi connectivity index (χ2n) is 5.63. The van der Waals surface area contributed by atoms with Crippen LogP contribution in [-0.4, -0.2) is 5.11 Å². The van der Waals surface area contributed by atoms with E-state index in [0.717, 1.165) is 16.7 Å². The number of benzene rings is 2. The Hall–Kier alpha value is -3.16. The Morgan fingerprint density at radius 3 is 2.20 bits per heavy atom. The van der Waals surface area contributed by atoms with Gasteiger partial charge in [-0.3, -0.25) is 0 Å². The van der Waals surface area contributed by atoms with Crippen LogP contribution in [0, 0.1) is 0 Å². The number of aromatic hydroxyl groups is 1. The van der Waals surface area contributed by atoms with Crippen LogP contribution in [0.3, 0.4) is 0 Å². The van der Waals surface area contributed by atoms with Crippen LogP contribution in [0.2, 0.25) is 0 Å². The van der Waals surface area contributed by atoms with Gasteiger partial charge in [0.05, 0.1) is 0 Å². The first-order chi connectivity index (χ1) is 8.93. The zero-order valence-corrected chi connectivity index (χ0v) is 18.6. The Morgan fingerprint density at radius 1 is 1.00 bits per heavy atom. The first kappa shape index (κ1) is 14.9.